The van der Waals surface area contributed by atoms with E-state index in [4.69, 9.17) is 16.3 Å². The second kappa shape index (κ2) is 11.2. The summed E-state index contributed by atoms with van der Waals surface area (Å²) in [6.07, 6.45) is 0. The van der Waals surface area contributed by atoms with Gasteiger partial charge in [-0.05, 0) is 54.6 Å². The van der Waals surface area contributed by atoms with Gasteiger partial charge in [0.25, 0.3) is 0 Å². The third-order valence-corrected chi connectivity index (χ3v) is 4.01. The molecule has 0 saturated carbocycles. The molecule has 0 unspecified atom stereocenters. The summed E-state index contributed by atoms with van der Waals surface area (Å²) in [6.45, 7) is -2.99. The minimum Gasteiger partial charge on any atom is -0.457 e. The zero-order valence-electron chi connectivity index (χ0n) is 15.5. The molecule has 2 N–H and O–H groups in total. The summed E-state index contributed by atoms with van der Waals surface area (Å²) in [7, 11) is 0. The van der Waals surface area contributed by atoms with Crippen molar-refractivity contribution in [1.82, 2.24) is 0 Å². The maximum absolute atomic E-state index is 12.2. The van der Waals surface area contributed by atoms with Crippen molar-refractivity contribution in [2.45, 2.75) is 6.61 Å². The Labute approximate surface area is 183 Å². The van der Waals surface area contributed by atoms with Crippen molar-refractivity contribution < 1.29 is 23.0 Å². The molecule has 0 saturated heterocycles. The van der Waals surface area contributed by atoms with E-state index in [9.17, 15) is 13.6 Å². The third-order valence-electron chi connectivity index (χ3n) is 3.72. The number of carbonyl (C=O) groups excluding carboxylic acids is 1. The van der Waals surface area contributed by atoms with Crippen LogP contribution in [0.1, 0.15) is 0 Å². The lowest BCUT2D eigenvalue weighted by molar-refractivity contribution is -0.114. The molecule has 0 aliphatic rings. The molecule has 0 atom stereocenters. The highest BCUT2D eigenvalue weighted by atomic mass is 35.5. The fourth-order valence-electron chi connectivity index (χ4n) is 2.42. The Morgan fingerprint density at radius 3 is 2.20 bits per heavy atom. The lowest BCUT2D eigenvalue weighted by atomic mass is 10.3. The van der Waals surface area contributed by atoms with Gasteiger partial charge in [0.1, 0.15) is 17.2 Å². The van der Waals surface area contributed by atoms with E-state index in [0.29, 0.717) is 17.1 Å². The van der Waals surface area contributed by atoms with Gasteiger partial charge in [-0.25, -0.2) is 0 Å². The van der Waals surface area contributed by atoms with Gasteiger partial charge in [-0.15, -0.1) is 12.4 Å². The van der Waals surface area contributed by atoms with Gasteiger partial charge in [0, 0.05) is 11.4 Å². The standard InChI is InChI=1S/C21H17ClF2N2O3.ClH/c22-18-12-15(8-11-19(18)29-21(23)24)25-13-20(27)26-14-6-9-17(10-7-14)28-16-4-2-1-3-5-16;/h1-12,21,25H,13H2,(H,26,27);1H. The molecule has 5 nitrogen and oxygen atoms in total. The van der Waals surface area contributed by atoms with Crippen molar-refractivity contribution in [1.29, 1.82) is 0 Å². The van der Waals surface area contributed by atoms with E-state index in [2.05, 4.69) is 15.4 Å². The summed E-state index contributed by atoms with van der Waals surface area (Å²) in [4.78, 5) is 12.1. The minimum absolute atomic E-state index is 0. The number of anilines is 2. The zero-order valence-corrected chi connectivity index (χ0v) is 17.1. The number of carbonyl (C=O) groups is 1. The molecule has 0 radical (unpaired) electrons. The number of ether oxygens (including phenoxy) is 2. The molecule has 0 fully saturated rings. The monoisotopic (exact) mass is 454 g/mol. The van der Waals surface area contributed by atoms with Gasteiger partial charge in [0.05, 0.1) is 11.6 Å². The number of nitrogens with one attached hydrogen (secondary N) is 2. The van der Waals surface area contributed by atoms with Gasteiger partial charge in [0.2, 0.25) is 5.91 Å². The number of para-hydroxylation sites is 1. The van der Waals surface area contributed by atoms with E-state index in [1.165, 1.54) is 18.2 Å². The van der Waals surface area contributed by atoms with Crippen LogP contribution in [0.3, 0.4) is 0 Å². The van der Waals surface area contributed by atoms with Crippen molar-refractivity contribution in [2.75, 3.05) is 17.2 Å². The molecule has 0 heterocycles. The predicted molar refractivity (Wildman–Crippen MR) is 115 cm³/mol. The number of hydrogen-bond acceptors (Lipinski definition) is 4. The first-order chi connectivity index (χ1) is 14.0. The highest BCUT2D eigenvalue weighted by Crippen LogP contribution is 2.29. The molecular formula is C21H18Cl2F2N2O3. The Hall–Kier alpha value is -3.03. The largest absolute Gasteiger partial charge is 0.457 e. The van der Waals surface area contributed by atoms with Crippen molar-refractivity contribution >= 4 is 41.3 Å². The van der Waals surface area contributed by atoms with Gasteiger partial charge in [-0.2, -0.15) is 8.78 Å². The average molecular weight is 455 g/mol. The van der Waals surface area contributed by atoms with Crippen molar-refractivity contribution in [2.24, 2.45) is 0 Å². The quantitative estimate of drug-likeness (QED) is 0.424. The number of halogens is 4. The summed E-state index contributed by atoms with van der Waals surface area (Å²) >= 11 is 5.88. The first kappa shape index (κ1) is 23.3. The zero-order chi connectivity index (χ0) is 20.6. The summed E-state index contributed by atoms with van der Waals surface area (Å²) in [5, 5.41) is 5.63. The van der Waals surface area contributed by atoms with Crippen LogP contribution < -0.4 is 20.1 Å². The number of benzene rings is 3. The molecule has 158 valence electrons. The third kappa shape index (κ3) is 7.09. The van der Waals surface area contributed by atoms with Gasteiger partial charge < -0.3 is 20.1 Å². The van der Waals surface area contributed by atoms with Gasteiger partial charge in [-0.3, -0.25) is 4.79 Å². The molecule has 0 bridgehead atoms. The minimum atomic E-state index is -2.96. The lowest BCUT2D eigenvalue weighted by Crippen LogP contribution is -2.21. The van der Waals surface area contributed by atoms with Crippen LogP contribution in [0.5, 0.6) is 17.2 Å². The molecule has 3 aromatic rings. The van der Waals surface area contributed by atoms with Crippen LogP contribution >= 0.6 is 24.0 Å². The van der Waals surface area contributed by atoms with E-state index in [1.807, 2.05) is 30.3 Å². The fourth-order valence-corrected chi connectivity index (χ4v) is 2.65. The number of rotatable bonds is 8. The molecule has 0 aliphatic heterocycles. The van der Waals surface area contributed by atoms with Crippen LogP contribution in [0.25, 0.3) is 0 Å². The summed E-state index contributed by atoms with van der Waals surface area (Å²) < 4.78 is 34.4. The molecule has 0 aliphatic carbocycles. The topological polar surface area (TPSA) is 59.6 Å². The van der Waals surface area contributed by atoms with E-state index in [-0.39, 0.29) is 35.6 Å². The van der Waals surface area contributed by atoms with Crippen LogP contribution in [-0.4, -0.2) is 19.1 Å². The van der Waals surface area contributed by atoms with Crippen molar-refractivity contribution in [3.8, 4) is 17.2 Å². The maximum atomic E-state index is 12.2. The SMILES string of the molecule is Cl.O=C(CNc1ccc(OC(F)F)c(Cl)c1)Nc1ccc(Oc2ccccc2)cc1. The number of amides is 1. The number of hydrogen-bond donors (Lipinski definition) is 2. The number of alkyl halides is 2. The van der Waals surface area contributed by atoms with E-state index in [0.717, 1.165) is 5.75 Å². The molecule has 0 aromatic heterocycles. The molecule has 1 amide bonds. The van der Waals surface area contributed by atoms with Crippen LogP contribution in [0.15, 0.2) is 72.8 Å². The van der Waals surface area contributed by atoms with Crippen LogP contribution in [0, 0.1) is 0 Å². The van der Waals surface area contributed by atoms with Crippen LogP contribution in [0.4, 0.5) is 20.2 Å². The highest BCUT2D eigenvalue weighted by Gasteiger charge is 2.10. The van der Waals surface area contributed by atoms with Crippen molar-refractivity contribution in [3.63, 3.8) is 0 Å². The average Bonchev–Trinajstić information content (AvgIpc) is 2.70. The normalized spacial score (nSPS) is 10.1. The van der Waals surface area contributed by atoms with Gasteiger partial charge >= 0.3 is 6.61 Å². The molecular weight excluding hydrogens is 437 g/mol. The maximum Gasteiger partial charge on any atom is 0.387 e. The summed E-state index contributed by atoms with van der Waals surface area (Å²) in [5.74, 6) is 0.949. The highest BCUT2D eigenvalue weighted by molar-refractivity contribution is 6.32. The predicted octanol–water partition coefficient (Wildman–Crippen LogP) is 6.21. The Morgan fingerprint density at radius 1 is 0.933 bits per heavy atom. The summed E-state index contributed by atoms with van der Waals surface area (Å²) in [6, 6.07) is 20.5. The van der Waals surface area contributed by atoms with E-state index in [1.54, 1.807) is 24.3 Å². The van der Waals surface area contributed by atoms with E-state index < -0.39 is 6.61 Å². The smallest absolute Gasteiger partial charge is 0.387 e. The van der Waals surface area contributed by atoms with E-state index >= 15 is 0 Å². The Balaban J connectivity index is 0.00000320. The Kier molecular flexibility index (Phi) is 8.70. The van der Waals surface area contributed by atoms with Crippen LogP contribution in [0.2, 0.25) is 5.02 Å². The molecule has 3 aromatic carbocycles. The molecule has 30 heavy (non-hydrogen) atoms. The van der Waals surface area contributed by atoms with Crippen LogP contribution in [-0.2, 0) is 4.79 Å². The van der Waals surface area contributed by atoms with Crippen molar-refractivity contribution in [3.05, 3.63) is 77.8 Å². The van der Waals surface area contributed by atoms with Gasteiger partial charge in [0.15, 0.2) is 0 Å². The lowest BCUT2D eigenvalue weighted by Gasteiger charge is -2.11. The fraction of sp³-hybridized carbons (Fsp3) is 0.0952. The first-order valence-corrected chi connectivity index (χ1v) is 8.98. The second-order valence-corrected chi connectivity index (χ2v) is 6.27. The Morgan fingerprint density at radius 2 is 1.57 bits per heavy atom. The summed E-state index contributed by atoms with van der Waals surface area (Å²) in [5.41, 5.74) is 1.11. The second-order valence-electron chi connectivity index (χ2n) is 5.86. The molecule has 3 rings (SSSR count). The van der Waals surface area contributed by atoms with Gasteiger partial charge in [-0.1, -0.05) is 29.8 Å². The first-order valence-electron chi connectivity index (χ1n) is 8.60. The molecule has 0 spiro atoms. The molecule has 9 heteroatoms. The Bertz CT molecular complexity index is 958.